The van der Waals surface area contributed by atoms with Crippen LogP contribution in [0.4, 0.5) is 10.5 Å². The van der Waals surface area contributed by atoms with Crippen LogP contribution < -0.4 is 5.32 Å². The van der Waals surface area contributed by atoms with Gasteiger partial charge in [-0.1, -0.05) is 12.1 Å². The summed E-state index contributed by atoms with van der Waals surface area (Å²) in [6, 6.07) is 10.5. The quantitative estimate of drug-likeness (QED) is 0.886. The topological polar surface area (TPSA) is 82.5 Å². The lowest BCUT2D eigenvalue weighted by Gasteiger charge is -2.08. The van der Waals surface area contributed by atoms with Gasteiger partial charge in [0, 0.05) is 25.0 Å². The van der Waals surface area contributed by atoms with Crippen LogP contribution in [-0.2, 0) is 13.1 Å². The fraction of sp³-hybridized carbons (Fsp3) is 0.133. The Balaban J connectivity index is 1.76. The second-order valence-electron chi connectivity index (χ2n) is 4.79. The fourth-order valence-electron chi connectivity index (χ4n) is 2.30. The molecule has 0 aliphatic carbocycles. The standard InChI is InChI=1S/C15H13N3O3/c19-14(13-3-1-2-6-16-13)17-12-5-4-10-8-18(15(20)21)9-11(10)7-12/h1-7H,8-9H2,(H,17,19)(H,20,21). The van der Waals surface area contributed by atoms with Crippen LogP contribution in [-0.4, -0.2) is 27.0 Å². The highest BCUT2D eigenvalue weighted by molar-refractivity contribution is 6.02. The molecule has 0 atom stereocenters. The van der Waals surface area contributed by atoms with Crippen LogP contribution in [0.3, 0.4) is 0 Å². The molecule has 2 aromatic rings. The molecule has 106 valence electrons. The zero-order valence-corrected chi connectivity index (χ0v) is 11.1. The molecular weight excluding hydrogens is 270 g/mol. The van der Waals surface area contributed by atoms with E-state index in [2.05, 4.69) is 10.3 Å². The molecule has 1 aromatic heterocycles. The molecule has 2 heterocycles. The van der Waals surface area contributed by atoms with Gasteiger partial charge >= 0.3 is 6.09 Å². The van der Waals surface area contributed by atoms with Crippen molar-refractivity contribution in [1.82, 2.24) is 9.88 Å². The number of aromatic nitrogens is 1. The molecule has 2 amide bonds. The second-order valence-corrected chi connectivity index (χ2v) is 4.79. The summed E-state index contributed by atoms with van der Waals surface area (Å²) < 4.78 is 0. The van der Waals surface area contributed by atoms with Crippen molar-refractivity contribution >= 4 is 17.7 Å². The molecule has 0 fully saturated rings. The molecule has 1 aliphatic rings. The average Bonchev–Trinajstić information content (AvgIpc) is 2.91. The van der Waals surface area contributed by atoms with Gasteiger partial charge in [0.05, 0.1) is 0 Å². The Bertz CT molecular complexity index is 701. The van der Waals surface area contributed by atoms with Gasteiger partial charge in [-0.15, -0.1) is 0 Å². The van der Waals surface area contributed by atoms with Crippen LogP contribution in [0.2, 0.25) is 0 Å². The molecule has 0 saturated carbocycles. The monoisotopic (exact) mass is 283 g/mol. The van der Waals surface area contributed by atoms with Crippen molar-refractivity contribution in [3.63, 3.8) is 0 Å². The molecule has 21 heavy (non-hydrogen) atoms. The molecule has 3 rings (SSSR count). The number of benzene rings is 1. The molecule has 1 aliphatic heterocycles. The molecular formula is C15H13N3O3. The molecule has 0 saturated heterocycles. The van der Waals surface area contributed by atoms with Crippen LogP contribution in [0.1, 0.15) is 21.6 Å². The van der Waals surface area contributed by atoms with E-state index in [1.165, 1.54) is 4.90 Å². The molecule has 0 radical (unpaired) electrons. The van der Waals surface area contributed by atoms with Crippen LogP contribution in [0.25, 0.3) is 0 Å². The summed E-state index contributed by atoms with van der Waals surface area (Å²) in [5.74, 6) is -0.288. The van der Waals surface area contributed by atoms with Gasteiger partial charge in [-0.2, -0.15) is 0 Å². The van der Waals surface area contributed by atoms with Gasteiger partial charge in [0.2, 0.25) is 0 Å². The third kappa shape index (κ3) is 2.69. The van der Waals surface area contributed by atoms with Crippen molar-refractivity contribution in [3.8, 4) is 0 Å². The lowest BCUT2D eigenvalue weighted by atomic mass is 10.1. The number of rotatable bonds is 2. The Kier molecular flexibility index (Phi) is 3.27. The summed E-state index contributed by atoms with van der Waals surface area (Å²) in [6.45, 7) is 0.733. The number of hydrogen-bond acceptors (Lipinski definition) is 3. The third-order valence-electron chi connectivity index (χ3n) is 3.35. The van der Waals surface area contributed by atoms with E-state index in [4.69, 9.17) is 5.11 Å². The molecule has 0 bridgehead atoms. The first-order valence-corrected chi connectivity index (χ1v) is 6.45. The van der Waals surface area contributed by atoms with Gasteiger partial charge in [0.25, 0.3) is 5.91 Å². The number of hydrogen-bond donors (Lipinski definition) is 2. The number of anilines is 1. The summed E-state index contributed by atoms with van der Waals surface area (Å²) in [5.41, 5.74) is 2.85. The number of nitrogens with zero attached hydrogens (tertiary/aromatic N) is 2. The van der Waals surface area contributed by atoms with E-state index in [0.29, 0.717) is 24.5 Å². The lowest BCUT2D eigenvalue weighted by molar-refractivity contribution is 0.102. The summed E-state index contributed by atoms with van der Waals surface area (Å²) >= 11 is 0. The van der Waals surface area contributed by atoms with E-state index in [0.717, 1.165) is 11.1 Å². The SMILES string of the molecule is O=C(Nc1ccc2c(c1)CN(C(=O)O)C2)c1ccccn1. The first-order chi connectivity index (χ1) is 10.1. The highest BCUT2D eigenvalue weighted by Crippen LogP contribution is 2.25. The highest BCUT2D eigenvalue weighted by atomic mass is 16.4. The number of amides is 2. The first-order valence-electron chi connectivity index (χ1n) is 6.45. The minimum atomic E-state index is -0.940. The van der Waals surface area contributed by atoms with Crippen LogP contribution in [0.5, 0.6) is 0 Å². The summed E-state index contributed by atoms with van der Waals surface area (Å²) in [7, 11) is 0. The Morgan fingerprint density at radius 1 is 1.14 bits per heavy atom. The Morgan fingerprint density at radius 3 is 2.67 bits per heavy atom. The number of carbonyl (C=O) groups excluding carboxylic acids is 1. The van der Waals surface area contributed by atoms with E-state index in [9.17, 15) is 9.59 Å². The first kappa shape index (κ1) is 13.1. The zero-order valence-electron chi connectivity index (χ0n) is 11.1. The second kappa shape index (κ2) is 5.24. The molecule has 2 N–H and O–H groups in total. The predicted molar refractivity (Wildman–Crippen MR) is 75.9 cm³/mol. The van der Waals surface area contributed by atoms with Crippen molar-refractivity contribution < 1.29 is 14.7 Å². The number of carbonyl (C=O) groups is 2. The van der Waals surface area contributed by atoms with Crippen LogP contribution in [0, 0.1) is 0 Å². The summed E-state index contributed by atoms with van der Waals surface area (Å²) in [4.78, 5) is 28.3. The summed E-state index contributed by atoms with van der Waals surface area (Å²) in [6.07, 6.45) is 0.618. The Labute approximate surface area is 121 Å². The lowest BCUT2D eigenvalue weighted by Crippen LogP contribution is -2.22. The third-order valence-corrected chi connectivity index (χ3v) is 3.35. The van der Waals surface area contributed by atoms with Gasteiger partial charge in [-0.3, -0.25) is 14.7 Å². The van der Waals surface area contributed by atoms with E-state index in [1.54, 1.807) is 36.5 Å². The van der Waals surface area contributed by atoms with Crippen molar-refractivity contribution in [2.24, 2.45) is 0 Å². The minimum absolute atomic E-state index is 0.288. The number of nitrogens with one attached hydrogen (secondary N) is 1. The molecule has 6 nitrogen and oxygen atoms in total. The fourth-order valence-corrected chi connectivity index (χ4v) is 2.30. The maximum Gasteiger partial charge on any atom is 0.407 e. The van der Waals surface area contributed by atoms with E-state index < -0.39 is 6.09 Å². The smallest absolute Gasteiger partial charge is 0.407 e. The summed E-state index contributed by atoms with van der Waals surface area (Å²) in [5, 5.41) is 11.8. The molecule has 0 spiro atoms. The number of carboxylic acid groups (broad SMARTS) is 1. The minimum Gasteiger partial charge on any atom is -0.465 e. The average molecular weight is 283 g/mol. The maximum atomic E-state index is 12.0. The van der Waals surface area contributed by atoms with E-state index >= 15 is 0 Å². The van der Waals surface area contributed by atoms with Crippen molar-refractivity contribution in [1.29, 1.82) is 0 Å². The molecule has 6 heteroatoms. The van der Waals surface area contributed by atoms with Gasteiger partial charge in [-0.05, 0) is 35.4 Å². The van der Waals surface area contributed by atoms with Crippen LogP contribution in [0.15, 0.2) is 42.6 Å². The Morgan fingerprint density at radius 2 is 1.95 bits per heavy atom. The van der Waals surface area contributed by atoms with Gasteiger partial charge in [0.1, 0.15) is 5.69 Å². The predicted octanol–water partition coefficient (Wildman–Crippen LogP) is 2.33. The van der Waals surface area contributed by atoms with Crippen LogP contribution >= 0.6 is 0 Å². The van der Waals surface area contributed by atoms with E-state index in [-0.39, 0.29) is 5.91 Å². The Hall–Kier alpha value is -2.89. The zero-order chi connectivity index (χ0) is 14.8. The van der Waals surface area contributed by atoms with E-state index in [1.807, 2.05) is 6.07 Å². The number of fused-ring (bicyclic) bond motifs is 1. The van der Waals surface area contributed by atoms with Gasteiger partial charge in [0.15, 0.2) is 0 Å². The van der Waals surface area contributed by atoms with Crippen molar-refractivity contribution in [2.45, 2.75) is 13.1 Å². The molecule has 0 unspecified atom stereocenters. The van der Waals surface area contributed by atoms with Gasteiger partial charge in [-0.25, -0.2) is 4.79 Å². The number of pyridine rings is 1. The molecule has 1 aromatic carbocycles. The normalized spacial score (nSPS) is 12.9. The van der Waals surface area contributed by atoms with Crippen molar-refractivity contribution in [3.05, 3.63) is 59.4 Å². The van der Waals surface area contributed by atoms with Gasteiger partial charge < -0.3 is 10.4 Å². The largest absolute Gasteiger partial charge is 0.465 e. The maximum absolute atomic E-state index is 12.0. The van der Waals surface area contributed by atoms with Crippen molar-refractivity contribution in [2.75, 3.05) is 5.32 Å². The highest BCUT2D eigenvalue weighted by Gasteiger charge is 2.23.